The van der Waals surface area contributed by atoms with Gasteiger partial charge in [0, 0.05) is 5.71 Å². The zero-order chi connectivity index (χ0) is 11.1. The maximum absolute atomic E-state index is 10.7. The Kier molecular flexibility index (Phi) is 5.84. The summed E-state index contributed by atoms with van der Waals surface area (Å²) in [6.07, 6.45) is 3.66. The van der Waals surface area contributed by atoms with Crippen molar-refractivity contribution in [2.75, 3.05) is 0 Å². The third-order valence-corrected chi connectivity index (χ3v) is 2.22. The third-order valence-electron chi connectivity index (χ3n) is 2.22. The molecule has 0 amide bonds. The Morgan fingerprint density at radius 1 is 1.57 bits per heavy atom. The van der Waals surface area contributed by atoms with E-state index in [2.05, 4.69) is 18.8 Å². The Morgan fingerprint density at radius 2 is 2.14 bits per heavy atom. The van der Waals surface area contributed by atoms with Gasteiger partial charge in [-0.05, 0) is 26.2 Å². The van der Waals surface area contributed by atoms with Crippen LogP contribution in [0.15, 0.2) is 16.8 Å². The molecule has 0 aliphatic rings. The van der Waals surface area contributed by atoms with Gasteiger partial charge in [0.1, 0.15) is 5.70 Å². The van der Waals surface area contributed by atoms with Gasteiger partial charge >= 0.3 is 5.97 Å². The summed E-state index contributed by atoms with van der Waals surface area (Å²) in [5, 5.41) is 8.76. The molecule has 0 aromatic heterocycles. The lowest BCUT2D eigenvalue weighted by Crippen LogP contribution is -2.09. The minimum absolute atomic E-state index is 0.130. The van der Waals surface area contributed by atoms with Crippen LogP contribution in [-0.4, -0.2) is 16.8 Å². The Balaban J connectivity index is 4.56. The molecule has 0 fully saturated rings. The second kappa shape index (κ2) is 6.35. The Hall–Kier alpha value is -1.12. The van der Waals surface area contributed by atoms with E-state index >= 15 is 0 Å². The first-order chi connectivity index (χ1) is 6.52. The van der Waals surface area contributed by atoms with E-state index in [-0.39, 0.29) is 5.70 Å². The maximum atomic E-state index is 10.7. The van der Waals surface area contributed by atoms with Gasteiger partial charge in [-0.2, -0.15) is 0 Å². The van der Waals surface area contributed by atoms with E-state index in [0.717, 1.165) is 18.6 Å². The number of carbonyl (C=O) groups is 1. The molecule has 3 heteroatoms. The summed E-state index contributed by atoms with van der Waals surface area (Å²) < 4.78 is 0. The molecular weight excluding hydrogens is 178 g/mol. The molecule has 1 atom stereocenters. The fraction of sp³-hybridized carbons (Fsp3) is 0.636. The van der Waals surface area contributed by atoms with Crippen molar-refractivity contribution in [1.29, 1.82) is 0 Å². The zero-order valence-corrected chi connectivity index (χ0v) is 9.37. The zero-order valence-electron chi connectivity index (χ0n) is 9.37. The normalized spacial score (nSPS) is 15.4. The molecule has 80 valence electrons. The summed E-state index contributed by atoms with van der Waals surface area (Å²) in [4.78, 5) is 14.8. The number of aliphatic carboxylic acids is 1. The highest BCUT2D eigenvalue weighted by atomic mass is 16.4. The van der Waals surface area contributed by atoms with Crippen molar-refractivity contribution in [3.63, 3.8) is 0 Å². The molecule has 0 aliphatic carbocycles. The Labute approximate surface area is 85.6 Å². The van der Waals surface area contributed by atoms with Crippen molar-refractivity contribution in [3.8, 4) is 0 Å². The fourth-order valence-corrected chi connectivity index (χ4v) is 1.18. The molecule has 0 saturated heterocycles. The molecule has 0 aliphatic heterocycles. The van der Waals surface area contributed by atoms with Gasteiger partial charge in [0.25, 0.3) is 0 Å². The quantitative estimate of drug-likeness (QED) is 0.544. The monoisotopic (exact) mass is 197 g/mol. The predicted octanol–water partition coefficient (Wildman–Crippen LogP) is 2.87. The minimum Gasteiger partial charge on any atom is -0.477 e. The van der Waals surface area contributed by atoms with Gasteiger partial charge in [0.15, 0.2) is 0 Å². The average Bonchev–Trinajstić information content (AvgIpc) is 2.13. The molecule has 0 aromatic carbocycles. The molecule has 0 aromatic rings. The van der Waals surface area contributed by atoms with Gasteiger partial charge in [-0.15, -0.1) is 0 Å². The largest absolute Gasteiger partial charge is 0.477 e. The Morgan fingerprint density at radius 3 is 2.50 bits per heavy atom. The van der Waals surface area contributed by atoms with E-state index in [4.69, 9.17) is 5.11 Å². The standard InChI is InChI=1S/C11H19NO2/c1-5-7-8(3)9(4)12-10(6-2)11(13)14/h6,8H,5,7H2,1-4H3,(H,13,14)/b10-6-,12-9?. The van der Waals surface area contributed by atoms with Crippen LogP contribution in [0.2, 0.25) is 0 Å². The van der Waals surface area contributed by atoms with Gasteiger partial charge < -0.3 is 5.11 Å². The Bertz CT molecular complexity index is 254. The molecular formula is C11H19NO2. The van der Waals surface area contributed by atoms with Gasteiger partial charge in [-0.3, -0.25) is 4.99 Å². The second-order valence-electron chi connectivity index (χ2n) is 3.42. The smallest absolute Gasteiger partial charge is 0.354 e. The lowest BCUT2D eigenvalue weighted by molar-refractivity contribution is -0.132. The summed E-state index contributed by atoms with van der Waals surface area (Å²) in [7, 11) is 0. The van der Waals surface area contributed by atoms with Crippen molar-refractivity contribution in [1.82, 2.24) is 0 Å². The summed E-state index contributed by atoms with van der Waals surface area (Å²) in [6, 6.07) is 0. The number of nitrogens with zero attached hydrogens (tertiary/aromatic N) is 1. The van der Waals surface area contributed by atoms with Crippen LogP contribution in [-0.2, 0) is 4.79 Å². The van der Waals surface area contributed by atoms with Gasteiger partial charge in [0.2, 0.25) is 0 Å². The number of allylic oxidation sites excluding steroid dienone is 1. The number of carboxylic acids is 1. The van der Waals surface area contributed by atoms with E-state index in [1.165, 1.54) is 6.08 Å². The van der Waals surface area contributed by atoms with E-state index in [9.17, 15) is 4.79 Å². The first-order valence-corrected chi connectivity index (χ1v) is 4.97. The van der Waals surface area contributed by atoms with Crippen LogP contribution in [0.25, 0.3) is 0 Å². The fourth-order valence-electron chi connectivity index (χ4n) is 1.18. The molecule has 1 unspecified atom stereocenters. The highest BCUT2D eigenvalue weighted by molar-refractivity contribution is 5.93. The van der Waals surface area contributed by atoms with E-state index in [0.29, 0.717) is 5.92 Å². The van der Waals surface area contributed by atoms with Crippen molar-refractivity contribution >= 4 is 11.7 Å². The first kappa shape index (κ1) is 12.9. The topological polar surface area (TPSA) is 49.7 Å². The molecule has 0 spiro atoms. The minimum atomic E-state index is -0.962. The van der Waals surface area contributed by atoms with E-state index < -0.39 is 5.97 Å². The number of hydrogen-bond donors (Lipinski definition) is 1. The van der Waals surface area contributed by atoms with Crippen molar-refractivity contribution in [2.45, 2.75) is 40.5 Å². The van der Waals surface area contributed by atoms with Crippen molar-refractivity contribution < 1.29 is 9.90 Å². The third kappa shape index (κ3) is 4.21. The summed E-state index contributed by atoms with van der Waals surface area (Å²) in [5.74, 6) is -0.607. The van der Waals surface area contributed by atoms with Crippen LogP contribution in [0.5, 0.6) is 0 Å². The van der Waals surface area contributed by atoms with Crippen LogP contribution < -0.4 is 0 Å². The summed E-state index contributed by atoms with van der Waals surface area (Å²) in [5.41, 5.74) is 1.02. The van der Waals surface area contributed by atoms with Gasteiger partial charge in [0.05, 0.1) is 0 Å². The van der Waals surface area contributed by atoms with Crippen LogP contribution in [0.4, 0.5) is 0 Å². The van der Waals surface area contributed by atoms with Crippen molar-refractivity contribution in [2.24, 2.45) is 10.9 Å². The van der Waals surface area contributed by atoms with Gasteiger partial charge in [-0.1, -0.05) is 26.3 Å². The lowest BCUT2D eigenvalue weighted by atomic mass is 10.0. The molecule has 3 nitrogen and oxygen atoms in total. The van der Waals surface area contributed by atoms with Crippen LogP contribution in [0.3, 0.4) is 0 Å². The second-order valence-corrected chi connectivity index (χ2v) is 3.42. The number of aliphatic imine (C=N–C) groups is 1. The number of carboxylic acid groups (broad SMARTS) is 1. The van der Waals surface area contributed by atoms with Crippen molar-refractivity contribution in [3.05, 3.63) is 11.8 Å². The lowest BCUT2D eigenvalue weighted by Gasteiger charge is -2.09. The average molecular weight is 197 g/mol. The SMILES string of the molecule is C/C=C(\N=C(C)C(C)CCC)C(=O)O. The van der Waals surface area contributed by atoms with Gasteiger partial charge in [-0.25, -0.2) is 4.79 Å². The number of hydrogen-bond acceptors (Lipinski definition) is 2. The molecule has 0 heterocycles. The molecule has 0 rings (SSSR count). The highest BCUT2D eigenvalue weighted by Gasteiger charge is 2.08. The maximum Gasteiger partial charge on any atom is 0.354 e. The molecule has 0 radical (unpaired) electrons. The molecule has 14 heavy (non-hydrogen) atoms. The highest BCUT2D eigenvalue weighted by Crippen LogP contribution is 2.10. The summed E-state index contributed by atoms with van der Waals surface area (Å²) >= 11 is 0. The molecule has 1 N–H and O–H groups in total. The van der Waals surface area contributed by atoms with E-state index in [1.54, 1.807) is 6.92 Å². The molecule has 0 bridgehead atoms. The van der Waals surface area contributed by atoms with Crippen LogP contribution >= 0.6 is 0 Å². The summed E-state index contributed by atoms with van der Waals surface area (Å²) in [6.45, 7) is 7.74. The first-order valence-electron chi connectivity index (χ1n) is 4.97. The number of rotatable bonds is 5. The van der Waals surface area contributed by atoms with Crippen LogP contribution in [0, 0.1) is 5.92 Å². The van der Waals surface area contributed by atoms with Crippen LogP contribution in [0.1, 0.15) is 40.5 Å². The predicted molar refractivity (Wildman–Crippen MR) is 58.6 cm³/mol. The molecule has 0 saturated carbocycles. The van der Waals surface area contributed by atoms with E-state index in [1.807, 2.05) is 6.92 Å².